The van der Waals surface area contributed by atoms with Gasteiger partial charge in [-0.25, -0.2) is 0 Å². The van der Waals surface area contributed by atoms with Crippen LogP contribution in [0.4, 0.5) is 0 Å². The lowest BCUT2D eigenvalue weighted by Gasteiger charge is -1.94. The fraction of sp³-hybridized carbons (Fsp3) is 0.750. The lowest BCUT2D eigenvalue weighted by atomic mass is 10.6. The van der Waals surface area contributed by atoms with E-state index in [0.717, 1.165) is 0 Å². The van der Waals surface area contributed by atoms with Crippen molar-refractivity contribution in [2.24, 2.45) is 5.73 Å². The third-order valence-corrected chi connectivity index (χ3v) is 0.597. The maximum absolute atomic E-state index is 9.77. The molecule has 0 aromatic carbocycles. The van der Waals surface area contributed by atoms with Crippen LogP contribution >= 0.6 is 0 Å². The largest absolute Gasteiger partial charge is 0.480 e. The number of carbonyl (C=O) groups is 1. The molecule has 0 aliphatic rings. The summed E-state index contributed by atoms with van der Waals surface area (Å²) in [7, 11) is 0. The molecule has 56 valence electrons. The van der Waals surface area contributed by atoms with E-state index in [1.165, 1.54) is 0 Å². The Hall–Kier alpha value is -0.650. The molecular weight excluding hydrogens is 122 g/mol. The number of carboxylic acids is 1. The minimum atomic E-state index is -0.849. The van der Waals surface area contributed by atoms with Crippen LogP contribution in [-0.4, -0.2) is 30.7 Å². The standard InChI is InChI=1S/C4H10N2O2.H3N/c5-1-2-6-3-4(7)8;/h6H,1-3,5H2,(H,7,8);1H3. The fourth-order valence-electron chi connectivity index (χ4n) is 0.297. The zero-order valence-corrected chi connectivity index (χ0v) is 5.26. The van der Waals surface area contributed by atoms with Crippen LogP contribution in [0, 0.1) is 0 Å². The number of nitrogens with one attached hydrogen (secondary N) is 1. The summed E-state index contributed by atoms with van der Waals surface area (Å²) in [4.78, 5) is 9.77. The molecule has 0 atom stereocenters. The minimum absolute atomic E-state index is 0. The molecule has 0 saturated carbocycles. The molecule has 0 spiro atoms. The van der Waals surface area contributed by atoms with Crippen LogP contribution in [0.3, 0.4) is 0 Å². The highest BCUT2D eigenvalue weighted by Crippen LogP contribution is 1.56. The normalized spacial score (nSPS) is 8.11. The predicted molar refractivity (Wildman–Crippen MR) is 34.6 cm³/mol. The van der Waals surface area contributed by atoms with Crippen molar-refractivity contribution in [1.82, 2.24) is 11.5 Å². The number of rotatable bonds is 4. The first-order chi connectivity index (χ1) is 3.77. The van der Waals surface area contributed by atoms with Gasteiger partial charge < -0.3 is 22.3 Å². The zero-order valence-electron chi connectivity index (χ0n) is 5.26. The lowest BCUT2D eigenvalue weighted by Crippen LogP contribution is -2.27. The van der Waals surface area contributed by atoms with Gasteiger partial charge in [0.25, 0.3) is 0 Å². The molecule has 0 fully saturated rings. The predicted octanol–water partition coefficient (Wildman–Crippen LogP) is -1.22. The molecule has 0 amide bonds. The van der Waals surface area contributed by atoms with Gasteiger partial charge in [-0.05, 0) is 0 Å². The maximum Gasteiger partial charge on any atom is 0.317 e. The molecule has 0 heterocycles. The fourth-order valence-corrected chi connectivity index (χ4v) is 0.297. The minimum Gasteiger partial charge on any atom is -0.480 e. The summed E-state index contributed by atoms with van der Waals surface area (Å²) >= 11 is 0. The Balaban J connectivity index is 0. The summed E-state index contributed by atoms with van der Waals surface area (Å²) in [5.41, 5.74) is 5.06. The van der Waals surface area contributed by atoms with Crippen molar-refractivity contribution in [2.75, 3.05) is 19.6 Å². The highest BCUT2D eigenvalue weighted by Gasteiger charge is 1.90. The van der Waals surface area contributed by atoms with E-state index in [-0.39, 0.29) is 12.7 Å². The first-order valence-electron chi connectivity index (χ1n) is 2.40. The van der Waals surface area contributed by atoms with Crippen molar-refractivity contribution in [2.45, 2.75) is 0 Å². The average molecular weight is 135 g/mol. The Morgan fingerprint density at radius 1 is 1.67 bits per heavy atom. The van der Waals surface area contributed by atoms with Crippen LogP contribution in [0.2, 0.25) is 0 Å². The van der Waals surface area contributed by atoms with Crippen molar-refractivity contribution >= 4 is 5.97 Å². The number of hydrogen-bond donors (Lipinski definition) is 4. The molecule has 0 unspecified atom stereocenters. The molecule has 5 nitrogen and oxygen atoms in total. The van der Waals surface area contributed by atoms with Crippen LogP contribution < -0.4 is 17.2 Å². The number of aliphatic carboxylic acids is 1. The molecule has 0 aromatic heterocycles. The maximum atomic E-state index is 9.77. The molecule has 0 bridgehead atoms. The quantitative estimate of drug-likeness (QED) is 0.361. The third kappa shape index (κ3) is 11.1. The molecule has 0 aliphatic heterocycles. The van der Waals surface area contributed by atoms with Crippen LogP contribution in [0.15, 0.2) is 0 Å². The second kappa shape index (κ2) is 7.35. The first kappa shape index (κ1) is 11.2. The number of nitrogens with two attached hydrogens (primary N) is 1. The summed E-state index contributed by atoms with van der Waals surface area (Å²) in [6.45, 7) is 1.04. The molecule has 9 heavy (non-hydrogen) atoms. The second-order valence-electron chi connectivity index (χ2n) is 1.36. The van der Waals surface area contributed by atoms with Gasteiger partial charge in [0.05, 0.1) is 6.54 Å². The van der Waals surface area contributed by atoms with Gasteiger partial charge in [-0.1, -0.05) is 0 Å². The monoisotopic (exact) mass is 135 g/mol. The van der Waals surface area contributed by atoms with Crippen molar-refractivity contribution in [3.8, 4) is 0 Å². The Morgan fingerprint density at radius 2 is 2.22 bits per heavy atom. The third-order valence-electron chi connectivity index (χ3n) is 0.597. The molecule has 0 aromatic rings. The second-order valence-corrected chi connectivity index (χ2v) is 1.36. The van der Waals surface area contributed by atoms with Crippen molar-refractivity contribution in [3.05, 3.63) is 0 Å². The Morgan fingerprint density at radius 3 is 2.56 bits per heavy atom. The van der Waals surface area contributed by atoms with Crippen LogP contribution in [0.25, 0.3) is 0 Å². The molecule has 0 aliphatic carbocycles. The molecule has 0 saturated heterocycles. The van der Waals surface area contributed by atoms with Gasteiger partial charge in [0.1, 0.15) is 0 Å². The van der Waals surface area contributed by atoms with Crippen molar-refractivity contribution in [1.29, 1.82) is 0 Å². The van der Waals surface area contributed by atoms with Crippen LogP contribution in [-0.2, 0) is 4.79 Å². The zero-order chi connectivity index (χ0) is 6.41. The van der Waals surface area contributed by atoms with E-state index in [0.29, 0.717) is 13.1 Å². The first-order valence-corrected chi connectivity index (χ1v) is 2.40. The highest BCUT2D eigenvalue weighted by atomic mass is 16.4. The van der Waals surface area contributed by atoms with Crippen molar-refractivity contribution < 1.29 is 9.90 Å². The Kier molecular flexibility index (Phi) is 9.14. The SMILES string of the molecule is N.NCCNCC(=O)O. The summed E-state index contributed by atoms with van der Waals surface area (Å²) in [6.07, 6.45) is 0. The van der Waals surface area contributed by atoms with Gasteiger partial charge in [0, 0.05) is 13.1 Å². The van der Waals surface area contributed by atoms with Gasteiger partial charge in [0.2, 0.25) is 0 Å². The molecule has 0 rings (SSSR count). The average Bonchev–Trinajstić information content (AvgIpc) is 1.66. The van der Waals surface area contributed by atoms with E-state index >= 15 is 0 Å². The molecule has 5 heteroatoms. The Bertz CT molecular complexity index is 76.2. The highest BCUT2D eigenvalue weighted by molar-refractivity contribution is 5.68. The van der Waals surface area contributed by atoms with Gasteiger partial charge in [-0.2, -0.15) is 0 Å². The number of hydrogen-bond acceptors (Lipinski definition) is 4. The van der Waals surface area contributed by atoms with E-state index < -0.39 is 5.97 Å². The van der Waals surface area contributed by atoms with Gasteiger partial charge >= 0.3 is 5.97 Å². The van der Waals surface area contributed by atoms with Crippen molar-refractivity contribution in [3.63, 3.8) is 0 Å². The summed E-state index contributed by atoms with van der Waals surface area (Å²) in [5, 5.41) is 10.6. The Labute approximate surface area is 53.8 Å². The van der Waals surface area contributed by atoms with E-state index in [9.17, 15) is 4.79 Å². The van der Waals surface area contributed by atoms with Crippen LogP contribution in [0.1, 0.15) is 0 Å². The van der Waals surface area contributed by atoms with Crippen LogP contribution in [0.5, 0.6) is 0 Å². The van der Waals surface area contributed by atoms with E-state index in [2.05, 4.69) is 5.32 Å². The summed E-state index contributed by atoms with van der Waals surface area (Å²) in [5.74, 6) is -0.849. The number of carboxylic acid groups (broad SMARTS) is 1. The summed E-state index contributed by atoms with van der Waals surface area (Å²) in [6, 6.07) is 0. The summed E-state index contributed by atoms with van der Waals surface area (Å²) < 4.78 is 0. The van der Waals surface area contributed by atoms with E-state index in [1.54, 1.807) is 0 Å². The molecular formula is C4H13N3O2. The van der Waals surface area contributed by atoms with E-state index in [4.69, 9.17) is 10.8 Å². The lowest BCUT2D eigenvalue weighted by molar-refractivity contribution is -0.135. The molecule has 7 N–H and O–H groups in total. The van der Waals surface area contributed by atoms with Gasteiger partial charge in [-0.15, -0.1) is 0 Å². The van der Waals surface area contributed by atoms with E-state index in [1.807, 2.05) is 0 Å². The van der Waals surface area contributed by atoms with Gasteiger partial charge in [0.15, 0.2) is 0 Å². The molecule has 0 radical (unpaired) electrons. The smallest absolute Gasteiger partial charge is 0.317 e. The van der Waals surface area contributed by atoms with Gasteiger partial charge in [-0.3, -0.25) is 4.79 Å². The topological polar surface area (TPSA) is 110 Å².